The average Bonchev–Trinajstić information content (AvgIpc) is 2.62. The average molecular weight is 368 g/mol. The van der Waals surface area contributed by atoms with Gasteiger partial charge in [-0.05, 0) is 49.6 Å². The van der Waals surface area contributed by atoms with Gasteiger partial charge in [-0.3, -0.25) is 14.4 Å². The van der Waals surface area contributed by atoms with Crippen molar-refractivity contribution in [2.45, 2.75) is 33.1 Å². The lowest BCUT2D eigenvalue weighted by atomic mass is 10.2. The SMILES string of the molecule is Cc1cccc(NC(=O)COC(=O)CCCC(=O)Nc2ccccc2C)c1. The number of carbonyl (C=O) groups excluding carboxylic acids is 3. The lowest BCUT2D eigenvalue weighted by Gasteiger charge is -2.08. The van der Waals surface area contributed by atoms with Crippen molar-refractivity contribution < 1.29 is 19.1 Å². The molecule has 0 saturated carbocycles. The van der Waals surface area contributed by atoms with Crippen molar-refractivity contribution in [1.82, 2.24) is 0 Å². The first kappa shape index (κ1) is 20.2. The Labute approximate surface area is 158 Å². The Balaban J connectivity index is 1.63. The number of para-hydroxylation sites is 1. The molecule has 0 radical (unpaired) electrons. The molecule has 0 aromatic heterocycles. The number of esters is 1. The molecule has 2 amide bonds. The number of ether oxygens (including phenoxy) is 1. The van der Waals surface area contributed by atoms with Crippen molar-refractivity contribution in [3.05, 3.63) is 59.7 Å². The van der Waals surface area contributed by atoms with Crippen LogP contribution in [0.4, 0.5) is 11.4 Å². The summed E-state index contributed by atoms with van der Waals surface area (Å²) < 4.78 is 4.94. The van der Waals surface area contributed by atoms with E-state index in [1.54, 1.807) is 6.07 Å². The molecule has 2 rings (SSSR count). The first-order valence-corrected chi connectivity index (χ1v) is 8.81. The summed E-state index contributed by atoms with van der Waals surface area (Å²) in [5.41, 5.74) is 3.42. The Kier molecular flexibility index (Phi) is 7.55. The molecule has 27 heavy (non-hydrogen) atoms. The summed E-state index contributed by atoms with van der Waals surface area (Å²) in [7, 11) is 0. The summed E-state index contributed by atoms with van der Waals surface area (Å²) in [6, 6.07) is 14.8. The fourth-order valence-electron chi connectivity index (χ4n) is 2.46. The lowest BCUT2D eigenvalue weighted by molar-refractivity contribution is -0.147. The van der Waals surface area contributed by atoms with E-state index in [9.17, 15) is 14.4 Å². The molecule has 0 spiro atoms. The maximum absolute atomic E-state index is 11.9. The maximum Gasteiger partial charge on any atom is 0.306 e. The van der Waals surface area contributed by atoms with E-state index in [1.807, 2.05) is 56.3 Å². The normalized spacial score (nSPS) is 10.1. The predicted octanol–water partition coefficient (Wildman–Crippen LogP) is 3.59. The summed E-state index contributed by atoms with van der Waals surface area (Å²) in [6.45, 7) is 3.49. The van der Waals surface area contributed by atoms with Gasteiger partial charge in [-0.1, -0.05) is 30.3 Å². The Morgan fingerprint density at radius 1 is 0.889 bits per heavy atom. The second kappa shape index (κ2) is 10.1. The first-order valence-electron chi connectivity index (χ1n) is 8.81. The number of nitrogens with one attached hydrogen (secondary N) is 2. The highest BCUT2D eigenvalue weighted by Crippen LogP contribution is 2.14. The molecule has 0 aliphatic heterocycles. The standard InChI is InChI=1S/C21H24N2O4/c1-15-7-5-9-17(13-15)22-20(25)14-27-21(26)12-6-11-19(24)23-18-10-4-3-8-16(18)2/h3-5,7-10,13H,6,11-12,14H2,1-2H3,(H,22,25)(H,23,24). The highest BCUT2D eigenvalue weighted by molar-refractivity contribution is 5.93. The zero-order chi connectivity index (χ0) is 19.6. The Morgan fingerprint density at radius 2 is 1.67 bits per heavy atom. The minimum Gasteiger partial charge on any atom is -0.456 e. The molecule has 142 valence electrons. The number of hydrogen-bond donors (Lipinski definition) is 2. The zero-order valence-corrected chi connectivity index (χ0v) is 15.6. The van der Waals surface area contributed by atoms with Crippen LogP contribution < -0.4 is 10.6 Å². The van der Waals surface area contributed by atoms with Crippen molar-refractivity contribution >= 4 is 29.2 Å². The molecule has 0 atom stereocenters. The van der Waals surface area contributed by atoms with Gasteiger partial charge in [-0.15, -0.1) is 0 Å². The first-order chi connectivity index (χ1) is 12.9. The van der Waals surface area contributed by atoms with Gasteiger partial charge in [0.05, 0.1) is 0 Å². The smallest absolute Gasteiger partial charge is 0.306 e. The highest BCUT2D eigenvalue weighted by atomic mass is 16.5. The van der Waals surface area contributed by atoms with E-state index in [1.165, 1.54) is 0 Å². The van der Waals surface area contributed by atoms with Crippen molar-refractivity contribution in [2.24, 2.45) is 0 Å². The minimum atomic E-state index is -0.502. The van der Waals surface area contributed by atoms with Gasteiger partial charge in [0.25, 0.3) is 5.91 Å². The third-order valence-corrected chi connectivity index (χ3v) is 3.87. The fourth-order valence-corrected chi connectivity index (χ4v) is 2.46. The van der Waals surface area contributed by atoms with Crippen LogP contribution in [0.15, 0.2) is 48.5 Å². The summed E-state index contributed by atoms with van der Waals surface area (Å²) in [5.74, 6) is -1.06. The van der Waals surface area contributed by atoms with Crippen LogP contribution in [0, 0.1) is 13.8 Å². The van der Waals surface area contributed by atoms with Crippen LogP contribution in [0.1, 0.15) is 30.4 Å². The molecule has 2 aromatic carbocycles. The van der Waals surface area contributed by atoms with Gasteiger partial charge in [0.1, 0.15) is 0 Å². The van der Waals surface area contributed by atoms with E-state index >= 15 is 0 Å². The van der Waals surface area contributed by atoms with Gasteiger partial charge in [-0.25, -0.2) is 0 Å². The number of hydrogen-bond acceptors (Lipinski definition) is 4. The molecular formula is C21H24N2O4. The number of carbonyl (C=O) groups is 3. The van der Waals surface area contributed by atoms with E-state index in [0.29, 0.717) is 12.1 Å². The topological polar surface area (TPSA) is 84.5 Å². The molecule has 2 aromatic rings. The van der Waals surface area contributed by atoms with Crippen LogP contribution >= 0.6 is 0 Å². The van der Waals surface area contributed by atoms with Crippen LogP contribution in [0.25, 0.3) is 0 Å². The Hall–Kier alpha value is -3.15. The molecule has 0 unspecified atom stereocenters. The van der Waals surface area contributed by atoms with Crippen molar-refractivity contribution in [1.29, 1.82) is 0 Å². The minimum absolute atomic E-state index is 0.0823. The molecule has 0 bridgehead atoms. The molecule has 0 heterocycles. The fraction of sp³-hybridized carbons (Fsp3) is 0.286. The van der Waals surface area contributed by atoms with Crippen LogP contribution in [-0.2, 0) is 19.1 Å². The maximum atomic E-state index is 11.9. The second-order valence-electron chi connectivity index (χ2n) is 6.29. The number of amides is 2. The van der Waals surface area contributed by atoms with Gasteiger partial charge < -0.3 is 15.4 Å². The molecule has 2 N–H and O–H groups in total. The van der Waals surface area contributed by atoms with Crippen LogP contribution in [0.5, 0.6) is 0 Å². The van der Waals surface area contributed by atoms with E-state index in [0.717, 1.165) is 16.8 Å². The number of aryl methyl sites for hydroxylation is 2. The molecule has 6 heteroatoms. The van der Waals surface area contributed by atoms with E-state index < -0.39 is 11.9 Å². The van der Waals surface area contributed by atoms with Crippen LogP contribution in [0.3, 0.4) is 0 Å². The molecule has 0 saturated heterocycles. The van der Waals surface area contributed by atoms with Crippen molar-refractivity contribution in [3.63, 3.8) is 0 Å². The summed E-state index contributed by atoms with van der Waals surface area (Å²) in [5, 5.41) is 5.48. The van der Waals surface area contributed by atoms with Crippen molar-refractivity contribution in [3.8, 4) is 0 Å². The Bertz CT molecular complexity index is 817. The van der Waals surface area contributed by atoms with E-state index in [4.69, 9.17) is 4.74 Å². The molecule has 6 nitrogen and oxygen atoms in total. The molecule has 0 fully saturated rings. The van der Waals surface area contributed by atoms with Gasteiger partial charge in [0.15, 0.2) is 6.61 Å². The molecular weight excluding hydrogens is 344 g/mol. The quantitative estimate of drug-likeness (QED) is 0.697. The highest BCUT2D eigenvalue weighted by Gasteiger charge is 2.10. The molecule has 0 aliphatic carbocycles. The summed E-state index contributed by atoms with van der Waals surface area (Å²) >= 11 is 0. The monoisotopic (exact) mass is 368 g/mol. The molecule has 0 aliphatic rings. The third kappa shape index (κ3) is 7.32. The number of anilines is 2. The largest absolute Gasteiger partial charge is 0.456 e. The lowest BCUT2D eigenvalue weighted by Crippen LogP contribution is -2.21. The summed E-state index contributed by atoms with van der Waals surface area (Å²) in [4.78, 5) is 35.4. The van der Waals surface area contributed by atoms with Gasteiger partial charge >= 0.3 is 5.97 Å². The predicted molar refractivity (Wildman–Crippen MR) is 104 cm³/mol. The number of benzene rings is 2. The van der Waals surface area contributed by atoms with Crippen molar-refractivity contribution in [2.75, 3.05) is 17.2 Å². The second-order valence-corrected chi connectivity index (χ2v) is 6.29. The number of rotatable bonds is 8. The van der Waals surface area contributed by atoms with Gasteiger partial charge in [0, 0.05) is 24.2 Å². The summed E-state index contributed by atoms with van der Waals surface area (Å²) in [6.07, 6.45) is 0.647. The zero-order valence-electron chi connectivity index (χ0n) is 15.6. The van der Waals surface area contributed by atoms with Crippen LogP contribution in [-0.4, -0.2) is 24.4 Å². The third-order valence-electron chi connectivity index (χ3n) is 3.87. The van der Waals surface area contributed by atoms with Crippen LogP contribution in [0.2, 0.25) is 0 Å². The van der Waals surface area contributed by atoms with Gasteiger partial charge in [0.2, 0.25) is 5.91 Å². The van der Waals surface area contributed by atoms with Gasteiger partial charge in [-0.2, -0.15) is 0 Å². The van der Waals surface area contributed by atoms with E-state index in [-0.39, 0.29) is 25.4 Å². The Morgan fingerprint density at radius 3 is 2.41 bits per heavy atom. The van der Waals surface area contributed by atoms with E-state index in [2.05, 4.69) is 10.6 Å².